The van der Waals surface area contributed by atoms with E-state index in [1.54, 1.807) is 13.0 Å². The van der Waals surface area contributed by atoms with Crippen molar-refractivity contribution in [2.75, 3.05) is 19.3 Å². The second kappa shape index (κ2) is 4.81. The maximum atomic E-state index is 11.4. The molecule has 1 fully saturated rings. The quantitative estimate of drug-likeness (QED) is 0.800. The van der Waals surface area contributed by atoms with Gasteiger partial charge in [0.25, 0.3) is 0 Å². The summed E-state index contributed by atoms with van der Waals surface area (Å²) in [6.45, 7) is 4.57. The lowest BCUT2D eigenvalue weighted by Gasteiger charge is -2.14. The first-order valence-electron chi connectivity index (χ1n) is 5.78. The molecule has 100 valence electrons. The van der Waals surface area contributed by atoms with Crippen LogP contribution in [0.15, 0.2) is 6.07 Å². The third kappa shape index (κ3) is 3.17. The number of sulfonamides is 1. The Balaban J connectivity index is 2.03. The molecule has 1 aromatic rings. The maximum absolute atomic E-state index is 11.4. The standard InChI is InChI=1S/C11H17N3O3S/c1-8-6-11(13-9(2)12-8)17-10-4-5-14(7-10)18(3,15)16/h6,10H,4-5,7H2,1-3H3/t10-/m1/s1. The van der Waals surface area contributed by atoms with Crippen LogP contribution in [0.2, 0.25) is 0 Å². The molecule has 1 saturated heterocycles. The molecule has 0 aromatic carbocycles. The molecule has 2 rings (SSSR count). The molecule has 0 N–H and O–H groups in total. The minimum atomic E-state index is -3.12. The van der Waals surface area contributed by atoms with Crippen LogP contribution >= 0.6 is 0 Å². The van der Waals surface area contributed by atoms with Gasteiger partial charge in [0.1, 0.15) is 11.9 Å². The molecule has 0 amide bonds. The van der Waals surface area contributed by atoms with Gasteiger partial charge in [-0.25, -0.2) is 13.4 Å². The monoisotopic (exact) mass is 271 g/mol. The van der Waals surface area contributed by atoms with Gasteiger partial charge in [-0.05, 0) is 20.3 Å². The summed E-state index contributed by atoms with van der Waals surface area (Å²) in [7, 11) is -3.12. The van der Waals surface area contributed by atoms with Gasteiger partial charge in [-0.3, -0.25) is 0 Å². The van der Waals surface area contributed by atoms with Crippen molar-refractivity contribution in [3.8, 4) is 5.88 Å². The summed E-state index contributed by atoms with van der Waals surface area (Å²) in [6.07, 6.45) is 1.78. The molecule has 0 aliphatic carbocycles. The molecule has 1 aromatic heterocycles. The third-order valence-electron chi connectivity index (χ3n) is 2.81. The Labute approximate surface area is 107 Å². The fraction of sp³-hybridized carbons (Fsp3) is 0.636. The van der Waals surface area contributed by atoms with Gasteiger partial charge >= 0.3 is 0 Å². The van der Waals surface area contributed by atoms with E-state index in [0.29, 0.717) is 31.2 Å². The third-order valence-corrected chi connectivity index (χ3v) is 4.08. The zero-order valence-electron chi connectivity index (χ0n) is 10.8. The molecule has 0 unspecified atom stereocenters. The van der Waals surface area contributed by atoms with Gasteiger partial charge in [0.2, 0.25) is 15.9 Å². The lowest BCUT2D eigenvalue weighted by atomic mass is 10.3. The summed E-state index contributed by atoms with van der Waals surface area (Å²) in [5.41, 5.74) is 0.843. The topological polar surface area (TPSA) is 72.4 Å². The van der Waals surface area contributed by atoms with Crippen molar-refractivity contribution in [3.63, 3.8) is 0 Å². The molecule has 0 saturated carbocycles. The number of nitrogens with zero attached hydrogens (tertiary/aromatic N) is 3. The zero-order chi connectivity index (χ0) is 13.3. The zero-order valence-corrected chi connectivity index (χ0v) is 11.6. The fourth-order valence-corrected chi connectivity index (χ4v) is 2.88. The van der Waals surface area contributed by atoms with Crippen LogP contribution in [0.5, 0.6) is 5.88 Å². The summed E-state index contributed by atoms with van der Waals surface area (Å²) in [5.74, 6) is 1.17. The minimum Gasteiger partial charge on any atom is -0.473 e. The first kappa shape index (κ1) is 13.2. The molecular formula is C11H17N3O3S. The van der Waals surface area contributed by atoms with Crippen LogP contribution < -0.4 is 4.74 Å². The summed E-state index contributed by atoms with van der Waals surface area (Å²) in [5, 5.41) is 0. The molecule has 2 heterocycles. The van der Waals surface area contributed by atoms with E-state index in [4.69, 9.17) is 4.74 Å². The van der Waals surface area contributed by atoms with Crippen LogP contribution in [-0.2, 0) is 10.0 Å². The van der Waals surface area contributed by atoms with Gasteiger partial charge < -0.3 is 4.74 Å². The van der Waals surface area contributed by atoms with Gasteiger partial charge in [-0.1, -0.05) is 0 Å². The molecule has 0 spiro atoms. The van der Waals surface area contributed by atoms with E-state index < -0.39 is 10.0 Å². The van der Waals surface area contributed by atoms with E-state index in [1.807, 2.05) is 6.92 Å². The highest BCUT2D eigenvalue weighted by molar-refractivity contribution is 7.88. The van der Waals surface area contributed by atoms with E-state index in [0.717, 1.165) is 5.69 Å². The molecule has 0 bridgehead atoms. The van der Waals surface area contributed by atoms with E-state index in [1.165, 1.54) is 10.6 Å². The van der Waals surface area contributed by atoms with Crippen LogP contribution in [0.25, 0.3) is 0 Å². The van der Waals surface area contributed by atoms with Gasteiger partial charge in [0.15, 0.2) is 0 Å². The second-order valence-electron chi connectivity index (χ2n) is 4.54. The molecule has 1 aliphatic rings. The Morgan fingerprint density at radius 3 is 2.67 bits per heavy atom. The van der Waals surface area contributed by atoms with E-state index in [9.17, 15) is 8.42 Å². The molecule has 7 heteroatoms. The van der Waals surface area contributed by atoms with Crippen molar-refractivity contribution >= 4 is 10.0 Å². The fourth-order valence-electron chi connectivity index (χ4n) is 2.01. The van der Waals surface area contributed by atoms with Crippen LogP contribution in [0.4, 0.5) is 0 Å². The lowest BCUT2D eigenvalue weighted by Crippen LogP contribution is -2.30. The Hall–Kier alpha value is -1.21. The van der Waals surface area contributed by atoms with Crippen molar-refractivity contribution in [1.82, 2.24) is 14.3 Å². The van der Waals surface area contributed by atoms with Gasteiger partial charge in [0.05, 0.1) is 12.8 Å². The number of hydrogen-bond donors (Lipinski definition) is 0. The van der Waals surface area contributed by atoms with Gasteiger partial charge in [0, 0.05) is 18.3 Å². The van der Waals surface area contributed by atoms with Gasteiger partial charge in [-0.15, -0.1) is 0 Å². The van der Waals surface area contributed by atoms with Crippen LogP contribution in [-0.4, -0.2) is 48.1 Å². The molecular weight excluding hydrogens is 254 g/mol. The average molecular weight is 271 g/mol. The largest absolute Gasteiger partial charge is 0.473 e. The number of ether oxygens (including phenoxy) is 1. The van der Waals surface area contributed by atoms with Crippen molar-refractivity contribution in [3.05, 3.63) is 17.6 Å². The number of aryl methyl sites for hydroxylation is 2. The van der Waals surface area contributed by atoms with E-state index in [-0.39, 0.29) is 6.10 Å². The highest BCUT2D eigenvalue weighted by Crippen LogP contribution is 2.18. The predicted octanol–water partition coefficient (Wildman–Crippen LogP) is 0.506. The Morgan fingerprint density at radius 1 is 1.39 bits per heavy atom. The molecule has 0 radical (unpaired) electrons. The normalized spacial score (nSPS) is 21.2. The first-order valence-corrected chi connectivity index (χ1v) is 7.63. The first-order chi connectivity index (χ1) is 8.34. The molecule has 1 atom stereocenters. The van der Waals surface area contributed by atoms with Crippen LogP contribution in [0, 0.1) is 13.8 Å². The Morgan fingerprint density at radius 2 is 2.11 bits per heavy atom. The summed E-state index contributed by atoms with van der Waals surface area (Å²) in [6, 6.07) is 1.76. The highest BCUT2D eigenvalue weighted by atomic mass is 32.2. The second-order valence-corrected chi connectivity index (χ2v) is 6.53. The van der Waals surface area contributed by atoms with Crippen molar-refractivity contribution < 1.29 is 13.2 Å². The van der Waals surface area contributed by atoms with Crippen molar-refractivity contribution in [1.29, 1.82) is 0 Å². The molecule has 18 heavy (non-hydrogen) atoms. The minimum absolute atomic E-state index is 0.131. The highest BCUT2D eigenvalue weighted by Gasteiger charge is 2.30. The molecule has 6 nitrogen and oxygen atoms in total. The Kier molecular flexibility index (Phi) is 3.54. The number of rotatable bonds is 3. The number of hydrogen-bond acceptors (Lipinski definition) is 5. The Bertz CT molecular complexity index is 524. The predicted molar refractivity (Wildman–Crippen MR) is 67.0 cm³/mol. The molecule has 1 aliphatic heterocycles. The average Bonchev–Trinajstić information content (AvgIpc) is 2.63. The SMILES string of the molecule is Cc1cc(O[C@@H]2CCN(S(C)(=O)=O)C2)nc(C)n1. The summed E-state index contributed by atoms with van der Waals surface area (Å²) < 4.78 is 29.9. The van der Waals surface area contributed by atoms with Crippen molar-refractivity contribution in [2.24, 2.45) is 0 Å². The van der Waals surface area contributed by atoms with E-state index in [2.05, 4.69) is 9.97 Å². The van der Waals surface area contributed by atoms with Gasteiger partial charge in [-0.2, -0.15) is 9.29 Å². The number of aromatic nitrogens is 2. The summed E-state index contributed by atoms with van der Waals surface area (Å²) >= 11 is 0. The van der Waals surface area contributed by atoms with E-state index >= 15 is 0 Å². The lowest BCUT2D eigenvalue weighted by molar-refractivity contribution is 0.206. The van der Waals surface area contributed by atoms with Crippen LogP contribution in [0.1, 0.15) is 17.9 Å². The van der Waals surface area contributed by atoms with Crippen LogP contribution in [0.3, 0.4) is 0 Å². The maximum Gasteiger partial charge on any atom is 0.217 e. The summed E-state index contributed by atoms with van der Waals surface area (Å²) in [4.78, 5) is 8.35. The van der Waals surface area contributed by atoms with Crippen molar-refractivity contribution in [2.45, 2.75) is 26.4 Å². The smallest absolute Gasteiger partial charge is 0.217 e.